The third kappa shape index (κ3) is 4.55. The summed E-state index contributed by atoms with van der Waals surface area (Å²) in [7, 11) is 1.54. The summed E-state index contributed by atoms with van der Waals surface area (Å²) in [5.74, 6) is -0.201. The van der Waals surface area contributed by atoms with Gasteiger partial charge in [0.05, 0.1) is 12.2 Å². The first-order chi connectivity index (χ1) is 13.4. The zero-order chi connectivity index (χ0) is 20.3. The molecular weight excluding hydrogens is 362 g/mol. The van der Waals surface area contributed by atoms with Crippen LogP contribution in [0.25, 0.3) is 0 Å². The van der Waals surface area contributed by atoms with Crippen LogP contribution < -0.4 is 5.32 Å². The summed E-state index contributed by atoms with van der Waals surface area (Å²) in [5, 5.41) is 3.03. The number of rotatable bonds is 7. The number of aromatic amines is 1. The van der Waals surface area contributed by atoms with Gasteiger partial charge in [-0.15, -0.1) is 0 Å². The topological polar surface area (TPSA) is 101 Å². The van der Waals surface area contributed by atoms with Crippen LogP contribution in [0.4, 0.5) is 0 Å². The molecule has 1 aliphatic carbocycles. The Bertz CT molecular complexity index is 745. The fourth-order valence-corrected chi connectivity index (χ4v) is 3.66. The molecule has 2 heterocycles. The highest BCUT2D eigenvalue weighted by atomic mass is 16.6. The number of H-pyrrole nitrogens is 1. The van der Waals surface area contributed by atoms with E-state index in [4.69, 9.17) is 9.47 Å². The van der Waals surface area contributed by atoms with Crippen LogP contribution in [0.3, 0.4) is 0 Å². The molecule has 1 aromatic heterocycles. The maximum Gasteiger partial charge on any atom is 0.340 e. The van der Waals surface area contributed by atoms with Crippen molar-refractivity contribution in [3.05, 3.63) is 22.5 Å². The lowest BCUT2D eigenvalue weighted by molar-refractivity contribution is -0.133. The minimum Gasteiger partial charge on any atom is -0.460 e. The zero-order valence-electron chi connectivity index (χ0n) is 16.8. The van der Waals surface area contributed by atoms with Gasteiger partial charge in [-0.2, -0.15) is 0 Å². The number of likely N-dealkylation sites (tertiary alicyclic amines) is 1. The third-order valence-corrected chi connectivity index (χ3v) is 5.46. The number of esters is 1. The Morgan fingerprint density at radius 1 is 1.11 bits per heavy atom. The zero-order valence-corrected chi connectivity index (χ0v) is 16.8. The second kappa shape index (κ2) is 8.77. The van der Waals surface area contributed by atoms with E-state index in [2.05, 4.69) is 10.3 Å². The molecule has 8 nitrogen and oxygen atoms in total. The summed E-state index contributed by atoms with van der Waals surface area (Å²) in [5.41, 5.74) is 1.97. The maximum atomic E-state index is 12.7. The van der Waals surface area contributed by atoms with Gasteiger partial charge in [0.1, 0.15) is 12.3 Å². The molecule has 1 saturated carbocycles. The van der Waals surface area contributed by atoms with Crippen molar-refractivity contribution in [2.45, 2.75) is 45.6 Å². The SMILES string of the molecule is COCCOC(=O)c1c(C)[nH]c(C(=O)NC2CCN(C(=O)C3CC3)CC2)c1C. The normalized spacial score (nSPS) is 17.5. The highest BCUT2D eigenvalue weighted by molar-refractivity contribution is 6.00. The van der Waals surface area contributed by atoms with Crippen LogP contribution in [0.5, 0.6) is 0 Å². The van der Waals surface area contributed by atoms with Crippen molar-refractivity contribution < 1.29 is 23.9 Å². The van der Waals surface area contributed by atoms with Crippen LogP contribution in [0.1, 0.15) is 57.8 Å². The molecule has 28 heavy (non-hydrogen) atoms. The molecule has 2 aliphatic rings. The van der Waals surface area contributed by atoms with Crippen molar-refractivity contribution in [2.75, 3.05) is 33.4 Å². The van der Waals surface area contributed by atoms with Gasteiger partial charge < -0.3 is 24.7 Å². The summed E-state index contributed by atoms with van der Waals surface area (Å²) in [6, 6.07) is 0.0239. The molecule has 0 unspecified atom stereocenters. The minimum absolute atomic E-state index is 0.0239. The average molecular weight is 391 g/mol. The van der Waals surface area contributed by atoms with Gasteiger partial charge in [-0.1, -0.05) is 0 Å². The predicted octanol–water partition coefficient (Wildman–Crippen LogP) is 1.57. The largest absolute Gasteiger partial charge is 0.460 e. The van der Waals surface area contributed by atoms with Gasteiger partial charge in [0.15, 0.2) is 0 Å². The summed E-state index contributed by atoms with van der Waals surface area (Å²) in [6.45, 7) is 5.34. The van der Waals surface area contributed by atoms with Crippen LogP contribution in [0, 0.1) is 19.8 Å². The lowest BCUT2D eigenvalue weighted by Crippen LogP contribution is -2.47. The lowest BCUT2D eigenvalue weighted by atomic mass is 10.0. The number of amides is 2. The predicted molar refractivity (Wildman–Crippen MR) is 102 cm³/mol. The van der Waals surface area contributed by atoms with Crippen LogP contribution in [-0.4, -0.2) is 67.1 Å². The van der Waals surface area contributed by atoms with Gasteiger partial charge in [0.25, 0.3) is 5.91 Å². The van der Waals surface area contributed by atoms with Gasteiger partial charge in [0, 0.05) is 37.9 Å². The molecule has 3 rings (SSSR count). The van der Waals surface area contributed by atoms with E-state index in [1.54, 1.807) is 13.8 Å². The molecule has 2 N–H and O–H groups in total. The lowest BCUT2D eigenvalue weighted by Gasteiger charge is -2.32. The number of methoxy groups -OCH3 is 1. The van der Waals surface area contributed by atoms with E-state index in [0.29, 0.717) is 42.2 Å². The quantitative estimate of drug-likeness (QED) is 0.543. The Morgan fingerprint density at radius 3 is 2.39 bits per heavy atom. The number of nitrogens with zero attached hydrogens (tertiary/aromatic N) is 1. The molecule has 154 valence electrons. The van der Waals surface area contributed by atoms with Crippen molar-refractivity contribution in [3.63, 3.8) is 0 Å². The fourth-order valence-electron chi connectivity index (χ4n) is 3.66. The number of aryl methyl sites for hydroxylation is 1. The van der Waals surface area contributed by atoms with Gasteiger partial charge >= 0.3 is 5.97 Å². The molecule has 0 atom stereocenters. The van der Waals surface area contributed by atoms with Gasteiger partial charge in [-0.05, 0) is 45.1 Å². The smallest absolute Gasteiger partial charge is 0.340 e. The molecule has 1 aromatic rings. The Labute approximate surface area is 164 Å². The van der Waals surface area contributed by atoms with Gasteiger partial charge in [0.2, 0.25) is 5.91 Å². The fraction of sp³-hybridized carbons (Fsp3) is 0.650. The molecule has 8 heteroatoms. The molecule has 2 fully saturated rings. The molecule has 0 radical (unpaired) electrons. The van der Waals surface area contributed by atoms with E-state index >= 15 is 0 Å². The van der Waals surface area contributed by atoms with Crippen molar-refractivity contribution >= 4 is 17.8 Å². The van der Waals surface area contributed by atoms with Crippen LogP contribution in [0.2, 0.25) is 0 Å². The molecule has 0 aromatic carbocycles. The van der Waals surface area contributed by atoms with Gasteiger partial charge in [-0.3, -0.25) is 9.59 Å². The molecule has 0 bridgehead atoms. The second-order valence-corrected chi connectivity index (χ2v) is 7.60. The maximum absolute atomic E-state index is 12.7. The summed E-state index contributed by atoms with van der Waals surface area (Å²) in [6.07, 6.45) is 3.51. The van der Waals surface area contributed by atoms with Crippen LogP contribution >= 0.6 is 0 Å². The number of carbonyl (C=O) groups is 3. The van der Waals surface area contributed by atoms with E-state index in [-0.39, 0.29) is 30.4 Å². The molecule has 1 saturated heterocycles. The number of ether oxygens (including phenoxy) is 2. The molecule has 2 amide bonds. The molecule has 0 spiro atoms. The number of piperidine rings is 1. The van der Waals surface area contributed by atoms with Crippen molar-refractivity contribution in [1.29, 1.82) is 0 Å². The molecular formula is C20H29N3O5. The summed E-state index contributed by atoms with van der Waals surface area (Å²) >= 11 is 0. The van der Waals surface area contributed by atoms with Gasteiger partial charge in [-0.25, -0.2) is 4.79 Å². The highest BCUT2D eigenvalue weighted by Crippen LogP contribution is 2.32. The minimum atomic E-state index is -0.464. The van der Waals surface area contributed by atoms with E-state index < -0.39 is 5.97 Å². The standard InChI is InChI=1S/C20H29N3O5/c1-12-16(20(26)28-11-10-27-3)13(2)21-17(12)18(24)22-15-6-8-23(9-7-15)19(25)14-4-5-14/h14-15,21H,4-11H2,1-3H3,(H,22,24). The third-order valence-electron chi connectivity index (χ3n) is 5.46. The first-order valence-electron chi connectivity index (χ1n) is 9.87. The summed E-state index contributed by atoms with van der Waals surface area (Å²) < 4.78 is 10.1. The second-order valence-electron chi connectivity index (χ2n) is 7.60. The van der Waals surface area contributed by atoms with E-state index in [9.17, 15) is 14.4 Å². The first kappa shape index (κ1) is 20.4. The highest BCUT2D eigenvalue weighted by Gasteiger charge is 2.35. The number of hydrogen-bond acceptors (Lipinski definition) is 5. The number of hydrogen-bond donors (Lipinski definition) is 2. The Balaban J connectivity index is 1.56. The van der Waals surface area contributed by atoms with E-state index in [0.717, 1.165) is 25.7 Å². The first-order valence-corrected chi connectivity index (χ1v) is 9.87. The number of carbonyl (C=O) groups excluding carboxylic acids is 3. The van der Waals surface area contributed by atoms with Crippen molar-refractivity contribution in [3.8, 4) is 0 Å². The average Bonchev–Trinajstić information content (AvgIpc) is 3.47. The van der Waals surface area contributed by atoms with Crippen LogP contribution in [0.15, 0.2) is 0 Å². The monoisotopic (exact) mass is 391 g/mol. The van der Waals surface area contributed by atoms with Crippen molar-refractivity contribution in [1.82, 2.24) is 15.2 Å². The van der Waals surface area contributed by atoms with Crippen LogP contribution in [-0.2, 0) is 14.3 Å². The Morgan fingerprint density at radius 2 is 1.79 bits per heavy atom. The van der Waals surface area contributed by atoms with E-state index in [1.165, 1.54) is 7.11 Å². The number of aromatic nitrogens is 1. The van der Waals surface area contributed by atoms with Crippen molar-refractivity contribution in [2.24, 2.45) is 5.92 Å². The Hall–Kier alpha value is -2.35. The number of nitrogens with one attached hydrogen (secondary N) is 2. The summed E-state index contributed by atoms with van der Waals surface area (Å²) in [4.78, 5) is 42.1. The Kier molecular flexibility index (Phi) is 6.39. The van der Waals surface area contributed by atoms with E-state index in [1.807, 2.05) is 4.90 Å². The molecule has 1 aliphatic heterocycles.